The maximum absolute atomic E-state index is 11.8. The number of hydrogen-bond acceptors (Lipinski definition) is 15. The van der Waals surface area contributed by atoms with E-state index in [0.29, 0.717) is 184 Å². The van der Waals surface area contributed by atoms with Gasteiger partial charge in [-0.2, -0.15) is 0 Å². The molecule has 0 saturated heterocycles. The van der Waals surface area contributed by atoms with E-state index in [9.17, 15) is 4.79 Å². The van der Waals surface area contributed by atoms with E-state index in [1.807, 2.05) is 6.20 Å². The lowest BCUT2D eigenvalue weighted by atomic mass is 9.92. The van der Waals surface area contributed by atoms with Crippen molar-refractivity contribution in [3.63, 3.8) is 0 Å². The number of hydrogen-bond donors (Lipinski definition) is 1. The molecule has 1 aromatic heterocycles. The van der Waals surface area contributed by atoms with Gasteiger partial charge in [0.05, 0.1) is 171 Å². The van der Waals surface area contributed by atoms with Gasteiger partial charge >= 0.3 is 0 Å². The van der Waals surface area contributed by atoms with E-state index in [1.54, 1.807) is 4.68 Å². The maximum Gasteiger partial charge on any atom is 0.222 e. The van der Waals surface area contributed by atoms with Crippen molar-refractivity contribution in [3.8, 4) is 0 Å². The molecule has 0 bridgehead atoms. The summed E-state index contributed by atoms with van der Waals surface area (Å²) in [6, 6.07) is 0. The molecule has 0 spiro atoms. The summed E-state index contributed by atoms with van der Waals surface area (Å²) >= 11 is 0. The summed E-state index contributed by atoms with van der Waals surface area (Å²) in [5.41, 5.74) is 1.20. The first kappa shape index (κ1) is 51.1. The Kier molecular flexibility index (Phi) is 35.1. The summed E-state index contributed by atoms with van der Waals surface area (Å²) < 4.78 is 67.8. The molecule has 0 saturated carbocycles. The Labute approximate surface area is 329 Å². The molecule has 0 atom stereocenters. The standard InChI is InChI=1S/C38H74N4O13/c1-35(2)36-34-42(41-40-36)9-11-45-13-15-47-17-19-49-21-23-51-25-27-53-29-31-55-33-32-54-30-28-52-26-24-50-22-20-48-18-16-46-14-12-44-10-6-37(43)39-8-7-38(3,4)5/h34-35H,6-33H2,1-5H3,(H,39,43). The topological polar surface area (TPSA) is 171 Å². The van der Waals surface area contributed by atoms with E-state index in [4.69, 9.17) is 56.8 Å². The first-order valence-corrected chi connectivity index (χ1v) is 19.9. The van der Waals surface area contributed by atoms with E-state index < -0.39 is 0 Å². The summed E-state index contributed by atoms with van der Waals surface area (Å²) in [5.74, 6) is 0.389. The zero-order valence-corrected chi connectivity index (χ0v) is 34.6. The number of amides is 1. The minimum atomic E-state index is 0.0178. The Morgan fingerprint density at radius 1 is 0.545 bits per heavy atom. The molecule has 1 N–H and O–H groups in total. The molecule has 55 heavy (non-hydrogen) atoms. The van der Waals surface area contributed by atoms with Crippen LogP contribution in [0.2, 0.25) is 0 Å². The van der Waals surface area contributed by atoms with E-state index in [1.165, 1.54) is 0 Å². The SMILES string of the molecule is CC(C)c1cn(CCOCCOCCOCCOCCOCCOCCOCCOCCOCCOCCOCCOCCC(=O)NCCC(C)(C)C)nn1. The quantitative estimate of drug-likeness (QED) is 0.0958. The molecule has 1 aromatic rings. The molecule has 1 amide bonds. The zero-order valence-electron chi connectivity index (χ0n) is 34.6. The molecule has 0 aliphatic rings. The fraction of sp³-hybridized carbons (Fsp3) is 0.921. The van der Waals surface area contributed by atoms with Crippen LogP contribution in [0.1, 0.15) is 59.1 Å². The minimum absolute atomic E-state index is 0.0178. The number of ether oxygens (including phenoxy) is 12. The van der Waals surface area contributed by atoms with Gasteiger partial charge in [-0.25, -0.2) is 4.68 Å². The van der Waals surface area contributed by atoms with Crippen molar-refractivity contribution >= 4 is 5.91 Å². The Hall–Kier alpha value is -1.87. The lowest BCUT2D eigenvalue weighted by Gasteiger charge is -2.17. The van der Waals surface area contributed by atoms with Crippen LogP contribution in [0.5, 0.6) is 0 Å². The fourth-order valence-electron chi connectivity index (χ4n) is 4.20. The number of rotatable bonds is 42. The third-order valence-electron chi connectivity index (χ3n) is 7.38. The monoisotopic (exact) mass is 795 g/mol. The second kappa shape index (κ2) is 37.7. The molecule has 17 heteroatoms. The third kappa shape index (κ3) is 37.5. The van der Waals surface area contributed by atoms with Gasteiger partial charge in [0.1, 0.15) is 0 Å². The molecule has 0 aliphatic carbocycles. The van der Waals surface area contributed by atoms with E-state index in [2.05, 4.69) is 50.2 Å². The Morgan fingerprint density at radius 3 is 1.15 bits per heavy atom. The molecule has 0 radical (unpaired) electrons. The molecule has 0 aromatic carbocycles. The number of nitrogens with zero attached hydrogens (tertiary/aromatic N) is 3. The van der Waals surface area contributed by atoms with Crippen LogP contribution in [0.4, 0.5) is 0 Å². The number of nitrogens with one attached hydrogen (secondary N) is 1. The molecule has 1 heterocycles. The predicted molar refractivity (Wildman–Crippen MR) is 206 cm³/mol. The van der Waals surface area contributed by atoms with Crippen LogP contribution in [-0.2, 0) is 68.2 Å². The van der Waals surface area contributed by atoms with Gasteiger partial charge in [0.2, 0.25) is 5.91 Å². The van der Waals surface area contributed by atoms with Crippen molar-refractivity contribution in [1.82, 2.24) is 20.3 Å². The van der Waals surface area contributed by atoms with Crippen LogP contribution < -0.4 is 5.32 Å². The Balaban J connectivity index is 1.64. The number of carbonyl (C=O) groups excluding carboxylic acids is 1. The molecule has 0 aliphatic heterocycles. The minimum Gasteiger partial charge on any atom is -0.379 e. The molecule has 0 fully saturated rings. The van der Waals surface area contributed by atoms with Crippen LogP contribution >= 0.6 is 0 Å². The average Bonchev–Trinajstić information content (AvgIpc) is 3.63. The first-order chi connectivity index (χ1) is 26.8. The smallest absolute Gasteiger partial charge is 0.222 e. The van der Waals surface area contributed by atoms with Crippen molar-refractivity contribution < 1.29 is 61.6 Å². The van der Waals surface area contributed by atoms with Crippen molar-refractivity contribution in [2.75, 3.05) is 165 Å². The highest BCUT2D eigenvalue weighted by molar-refractivity contribution is 5.75. The second-order valence-electron chi connectivity index (χ2n) is 13.8. The Morgan fingerprint density at radius 2 is 0.855 bits per heavy atom. The molecule has 1 rings (SSSR count). The largest absolute Gasteiger partial charge is 0.379 e. The third-order valence-corrected chi connectivity index (χ3v) is 7.38. The highest BCUT2D eigenvalue weighted by Crippen LogP contribution is 2.16. The molecular formula is C38H74N4O13. The van der Waals surface area contributed by atoms with E-state index in [0.717, 1.165) is 12.1 Å². The zero-order chi connectivity index (χ0) is 39.9. The van der Waals surface area contributed by atoms with E-state index in [-0.39, 0.29) is 11.3 Å². The summed E-state index contributed by atoms with van der Waals surface area (Å²) in [7, 11) is 0. The summed E-state index contributed by atoms with van der Waals surface area (Å²) in [6.45, 7) is 23.9. The van der Waals surface area contributed by atoms with Crippen LogP contribution in [-0.4, -0.2) is 186 Å². The fourth-order valence-corrected chi connectivity index (χ4v) is 4.20. The average molecular weight is 795 g/mol. The van der Waals surface area contributed by atoms with Gasteiger partial charge < -0.3 is 62.2 Å². The van der Waals surface area contributed by atoms with Crippen molar-refractivity contribution in [3.05, 3.63) is 11.9 Å². The van der Waals surface area contributed by atoms with Crippen LogP contribution in [0.3, 0.4) is 0 Å². The maximum atomic E-state index is 11.8. The van der Waals surface area contributed by atoms with E-state index >= 15 is 0 Å². The van der Waals surface area contributed by atoms with Crippen molar-refractivity contribution in [1.29, 1.82) is 0 Å². The predicted octanol–water partition coefficient (Wildman–Crippen LogP) is 2.54. The molecular weight excluding hydrogens is 720 g/mol. The van der Waals surface area contributed by atoms with Crippen LogP contribution in [0.15, 0.2) is 6.20 Å². The first-order valence-electron chi connectivity index (χ1n) is 19.9. The second-order valence-corrected chi connectivity index (χ2v) is 13.8. The lowest BCUT2D eigenvalue weighted by molar-refractivity contribution is -0.122. The highest BCUT2D eigenvalue weighted by atomic mass is 16.6. The van der Waals surface area contributed by atoms with Gasteiger partial charge in [-0.3, -0.25) is 4.79 Å². The molecule has 324 valence electrons. The lowest BCUT2D eigenvalue weighted by Crippen LogP contribution is -2.28. The summed E-state index contributed by atoms with van der Waals surface area (Å²) in [6.07, 6.45) is 3.27. The van der Waals surface area contributed by atoms with Gasteiger partial charge in [0.15, 0.2) is 0 Å². The van der Waals surface area contributed by atoms with Crippen LogP contribution in [0.25, 0.3) is 0 Å². The highest BCUT2D eigenvalue weighted by Gasteiger charge is 2.10. The van der Waals surface area contributed by atoms with Gasteiger partial charge in [-0.15, -0.1) is 5.10 Å². The summed E-state index contributed by atoms with van der Waals surface area (Å²) in [5, 5.41) is 11.1. The van der Waals surface area contributed by atoms with Crippen molar-refractivity contribution in [2.24, 2.45) is 5.41 Å². The normalized spacial score (nSPS) is 12.0. The van der Waals surface area contributed by atoms with Gasteiger partial charge in [-0.05, 0) is 17.8 Å². The molecule has 0 unspecified atom stereocenters. The van der Waals surface area contributed by atoms with Gasteiger partial charge in [0.25, 0.3) is 0 Å². The Bertz CT molecular complexity index is 969. The van der Waals surface area contributed by atoms with Gasteiger partial charge in [0, 0.05) is 19.2 Å². The van der Waals surface area contributed by atoms with Crippen molar-refractivity contribution in [2.45, 2.75) is 59.9 Å². The van der Waals surface area contributed by atoms with Crippen LogP contribution in [0, 0.1) is 5.41 Å². The number of aromatic nitrogens is 3. The molecule has 17 nitrogen and oxygen atoms in total. The number of carbonyl (C=O) groups is 1. The van der Waals surface area contributed by atoms with Gasteiger partial charge in [-0.1, -0.05) is 39.8 Å². The summed E-state index contributed by atoms with van der Waals surface area (Å²) in [4.78, 5) is 11.8.